The SMILES string of the molecule is OCC1CCCN(c2cc(NCCC3CC3)ncn2)C1. The maximum absolute atomic E-state index is 9.31. The molecule has 1 aliphatic heterocycles. The van der Waals surface area contributed by atoms with E-state index in [9.17, 15) is 5.11 Å². The highest BCUT2D eigenvalue weighted by Gasteiger charge is 2.21. The van der Waals surface area contributed by atoms with Crippen LogP contribution in [0.5, 0.6) is 0 Å². The third-order valence-corrected chi connectivity index (χ3v) is 4.31. The summed E-state index contributed by atoms with van der Waals surface area (Å²) in [4.78, 5) is 10.9. The number of aliphatic hydroxyl groups is 1. The fraction of sp³-hybridized carbons (Fsp3) is 0.733. The van der Waals surface area contributed by atoms with E-state index in [2.05, 4.69) is 20.2 Å². The molecule has 3 rings (SSSR count). The van der Waals surface area contributed by atoms with Crippen LogP contribution in [0.4, 0.5) is 11.6 Å². The van der Waals surface area contributed by atoms with Gasteiger partial charge in [-0.05, 0) is 31.1 Å². The van der Waals surface area contributed by atoms with Crippen LogP contribution < -0.4 is 10.2 Å². The van der Waals surface area contributed by atoms with Gasteiger partial charge in [0, 0.05) is 32.3 Å². The predicted octanol–water partition coefficient (Wildman–Crippen LogP) is 1.90. The zero-order valence-corrected chi connectivity index (χ0v) is 12.0. The van der Waals surface area contributed by atoms with Gasteiger partial charge in [0.1, 0.15) is 18.0 Å². The lowest BCUT2D eigenvalue weighted by Gasteiger charge is -2.32. The molecule has 5 heteroatoms. The molecule has 5 nitrogen and oxygen atoms in total. The van der Waals surface area contributed by atoms with Crippen molar-refractivity contribution in [1.82, 2.24) is 9.97 Å². The minimum atomic E-state index is 0.272. The molecule has 0 amide bonds. The normalized spacial score (nSPS) is 22.9. The first-order chi connectivity index (χ1) is 9.85. The van der Waals surface area contributed by atoms with Gasteiger partial charge in [0.15, 0.2) is 0 Å². The summed E-state index contributed by atoms with van der Waals surface area (Å²) in [5, 5.41) is 12.7. The fourth-order valence-corrected chi connectivity index (χ4v) is 2.85. The van der Waals surface area contributed by atoms with Crippen LogP contribution in [0.15, 0.2) is 12.4 Å². The molecule has 1 atom stereocenters. The zero-order chi connectivity index (χ0) is 13.8. The van der Waals surface area contributed by atoms with Gasteiger partial charge in [-0.15, -0.1) is 0 Å². The van der Waals surface area contributed by atoms with Gasteiger partial charge in [-0.3, -0.25) is 0 Å². The van der Waals surface area contributed by atoms with Crippen molar-refractivity contribution in [3.63, 3.8) is 0 Å². The van der Waals surface area contributed by atoms with Crippen LogP contribution in [0.25, 0.3) is 0 Å². The van der Waals surface area contributed by atoms with E-state index >= 15 is 0 Å². The summed E-state index contributed by atoms with van der Waals surface area (Å²) in [6.45, 7) is 3.19. The molecule has 2 heterocycles. The Hall–Kier alpha value is -1.36. The molecule has 0 spiro atoms. The van der Waals surface area contributed by atoms with E-state index in [0.29, 0.717) is 5.92 Å². The first-order valence-electron chi connectivity index (χ1n) is 7.77. The van der Waals surface area contributed by atoms with Crippen LogP contribution in [0, 0.1) is 11.8 Å². The van der Waals surface area contributed by atoms with Crippen LogP contribution in [-0.4, -0.2) is 41.3 Å². The van der Waals surface area contributed by atoms with E-state index in [-0.39, 0.29) is 6.61 Å². The third kappa shape index (κ3) is 3.60. The van der Waals surface area contributed by atoms with Crippen molar-refractivity contribution in [3.05, 3.63) is 12.4 Å². The Morgan fingerprint density at radius 1 is 1.25 bits per heavy atom. The van der Waals surface area contributed by atoms with Gasteiger partial charge < -0.3 is 15.3 Å². The smallest absolute Gasteiger partial charge is 0.134 e. The number of piperidine rings is 1. The van der Waals surface area contributed by atoms with Crippen LogP contribution in [-0.2, 0) is 0 Å². The Bertz CT molecular complexity index is 436. The van der Waals surface area contributed by atoms with Gasteiger partial charge in [0.05, 0.1) is 0 Å². The zero-order valence-electron chi connectivity index (χ0n) is 12.0. The number of rotatable bonds is 6. The largest absolute Gasteiger partial charge is 0.396 e. The number of nitrogens with one attached hydrogen (secondary N) is 1. The lowest BCUT2D eigenvalue weighted by molar-refractivity contribution is 0.208. The second kappa shape index (κ2) is 6.39. The Morgan fingerprint density at radius 2 is 2.15 bits per heavy atom. The molecule has 0 aromatic carbocycles. The third-order valence-electron chi connectivity index (χ3n) is 4.31. The molecule has 1 unspecified atom stereocenters. The molecule has 1 saturated heterocycles. The van der Waals surface area contributed by atoms with Crippen molar-refractivity contribution in [3.8, 4) is 0 Å². The van der Waals surface area contributed by atoms with Gasteiger partial charge in [-0.25, -0.2) is 9.97 Å². The fourth-order valence-electron chi connectivity index (χ4n) is 2.85. The minimum absolute atomic E-state index is 0.272. The standard InChI is InChI=1S/C15H24N4O/c20-10-13-2-1-7-19(9-13)15-8-14(17-11-18-15)16-6-5-12-3-4-12/h8,11-13,20H,1-7,9-10H2,(H,16,17,18). The monoisotopic (exact) mass is 276 g/mol. The Labute approximate surface area is 120 Å². The average Bonchev–Trinajstić information content (AvgIpc) is 3.32. The molecule has 2 fully saturated rings. The molecule has 2 N–H and O–H groups in total. The number of nitrogens with zero attached hydrogens (tertiary/aromatic N) is 3. The van der Waals surface area contributed by atoms with E-state index in [1.165, 1.54) is 19.3 Å². The Balaban J connectivity index is 1.57. The van der Waals surface area contributed by atoms with Crippen LogP contribution >= 0.6 is 0 Å². The summed E-state index contributed by atoms with van der Waals surface area (Å²) in [6.07, 6.45) is 7.91. The van der Waals surface area contributed by atoms with Gasteiger partial charge >= 0.3 is 0 Å². The van der Waals surface area contributed by atoms with Gasteiger partial charge in [0.2, 0.25) is 0 Å². The van der Waals surface area contributed by atoms with Crippen LogP contribution in [0.3, 0.4) is 0 Å². The molecule has 110 valence electrons. The van der Waals surface area contributed by atoms with E-state index in [1.807, 2.05) is 6.07 Å². The number of aromatic nitrogens is 2. The Kier molecular flexibility index (Phi) is 4.35. The highest BCUT2D eigenvalue weighted by atomic mass is 16.3. The maximum atomic E-state index is 9.31. The highest BCUT2D eigenvalue weighted by Crippen LogP contribution is 2.32. The molecule has 0 radical (unpaired) electrons. The van der Waals surface area contributed by atoms with E-state index in [1.54, 1.807) is 6.33 Å². The van der Waals surface area contributed by atoms with Crippen LogP contribution in [0.2, 0.25) is 0 Å². The number of hydrogen-bond acceptors (Lipinski definition) is 5. The van der Waals surface area contributed by atoms with E-state index < -0.39 is 0 Å². The first kappa shape index (κ1) is 13.6. The van der Waals surface area contributed by atoms with Crippen LogP contribution in [0.1, 0.15) is 32.1 Å². The lowest BCUT2D eigenvalue weighted by atomic mass is 9.99. The van der Waals surface area contributed by atoms with Gasteiger partial charge in [-0.1, -0.05) is 12.8 Å². The molecule has 1 aromatic heterocycles. The molecule has 1 saturated carbocycles. The predicted molar refractivity (Wildman–Crippen MR) is 79.9 cm³/mol. The first-order valence-corrected chi connectivity index (χ1v) is 7.77. The number of hydrogen-bond donors (Lipinski definition) is 2. The van der Waals surface area contributed by atoms with Crippen molar-refractivity contribution in [1.29, 1.82) is 0 Å². The van der Waals surface area contributed by atoms with Crippen molar-refractivity contribution < 1.29 is 5.11 Å². The summed E-state index contributed by atoms with van der Waals surface area (Å²) in [5.41, 5.74) is 0. The molecular weight excluding hydrogens is 252 g/mol. The van der Waals surface area contributed by atoms with Crippen molar-refractivity contribution in [2.24, 2.45) is 11.8 Å². The average molecular weight is 276 g/mol. The summed E-state index contributed by atoms with van der Waals surface area (Å²) >= 11 is 0. The molecule has 1 aliphatic carbocycles. The van der Waals surface area contributed by atoms with Gasteiger partial charge in [0.25, 0.3) is 0 Å². The quantitative estimate of drug-likeness (QED) is 0.831. The Morgan fingerprint density at radius 3 is 2.95 bits per heavy atom. The summed E-state index contributed by atoms with van der Waals surface area (Å²) in [6, 6.07) is 2.03. The molecule has 20 heavy (non-hydrogen) atoms. The number of anilines is 2. The van der Waals surface area contributed by atoms with E-state index in [0.717, 1.165) is 50.0 Å². The molecule has 2 aliphatic rings. The second-order valence-corrected chi connectivity index (χ2v) is 6.06. The topological polar surface area (TPSA) is 61.3 Å². The van der Waals surface area contributed by atoms with Crippen molar-refractivity contribution >= 4 is 11.6 Å². The number of aliphatic hydroxyl groups excluding tert-OH is 1. The molecule has 1 aromatic rings. The highest BCUT2D eigenvalue weighted by molar-refractivity contribution is 5.48. The van der Waals surface area contributed by atoms with E-state index in [4.69, 9.17) is 0 Å². The summed E-state index contributed by atoms with van der Waals surface area (Å²) < 4.78 is 0. The summed E-state index contributed by atoms with van der Waals surface area (Å²) in [5.74, 6) is 3.22. The molecule has 0 bridgehead atoms. The van der Waals surface area contributed by atoms with Crippen molar-refractivity contribution in [2.45, 2.75) is 32.1 Å². The van der Waals surface area contributed by atoms with Crippen molar-refractivity contribution in [2.75, 3.05) is 36.5 Å². The van der Waals surface area contributed by atoms with Gasteiger partial charge in [-0.2, -0.15) is 0 Å². The minimum Gasteiger partial charge on any atom is -0.396 e. The lowest BCUT2D eigenvalue weighted by Crippen LogP contribution is -2.37. The maximum Gasteiger partial charge on any atom is 0.134 e. The molecular formula is C15H24N4O. The second-order valence-electron chi connectivity index (χ2n) is 6.06. The summed E-state index contributed by atoms with van der Waals surface area (Å²) in [7, 11) is 0.